The Labute approximate surface area is 185 Å². The maximum absolute atomic E-state index is 13.2. The lowest BCUT2D eigenvalue weighted by molar-refractivity contribution is 0.0697. The van der Waals surface area contributed by atoms with Crippen LogP contribution >= 0.6 is 0 Å². The summed E-state index contributed by atoms with van der Waals surface area (Å²) in [7, 11) is -7.89. The van der Waals surface area contributed by atoms with Crippen molar-refractivity contribution in [3.05, 3.63) is 46.1 Å². The number of carboxylic acids is 1. The van der Waals surface area contributed by atoms with E-state index in [1.165, 1.54) is 12.1 Å². The molecule has 0 radical (unpaired) electrons. The molecule has 2 aromatic carbocycles. The predicted molar refractivity (Wildman–Crippen MR) is 121 cm³/mol. The number of carboxylic acid groups (broad SMARTS) is 1. The molecule has 0 atom stereocenters. The molecule has 0 saturated heterocycles. The Balaban J connectivity index is 2.49. The van der Waals surface area contributed by atoms with E-state index in [1.807, 2.05) is 0 Å². The Bertz CT molecular complexity index is 1490. The standard InChI is InChI=1S/C22H24O8S2/c1-12(2)10-31(26,27)15-8-17-20(23)16-7-14(22(24)25)5-6-18(16)30-21(17)19(9-15)32(28,29)11-13(3)4/h5-9,12-13H,10-11H2,1-4H3,(H,24,25). The van der Waals surface area contributed by atoms with Crippen LogP contribution in [0, 0.1) is 11.8 Å². The fourth-order valence-electron chi connectivity index (χ4n) is 3.51. The normalized spacial score (nSPS) is 12.8. The van der Waals surface area contributed by atoms with Gasteiger partial charge in [0.25, 0.3) is 0 Å². The quantitative estimate of drug-likeness (QED) is 0.508. The summed E-state index contributed by atoms with van der Waals surface area (Å²) in [6.07, 6.45) is 0. The van der Waals surface area contributed by atoms with E-state index in [4.69, 9.17) is 4.42 Å². The van der Waals surface area contributed by atoms with Gasteiger partial charge >= 0.3 is 5.97 Å². The van der Waals surface area contributed by atoms with E-state index in [1.54, 1.807) is 27.7 Å². The minimum absolute atomic E-state index is 0.00582. The van der Waals surface area contributed by atoms with Crippen molar-refractivity contribution in [1.29, 1.82) is 0 Å². The van der Waals surface area contributed by atoms with Crippen LogP contribution in [0.2, 0.25) is 0 Å². The SMILES string of the molecule is CC(C)CS(=O)(=O)c1cc(S(=O)(=O)CC(C)C)c2oc3ccc(C(=O)O)cc3c(=O)c2c1. The summed E-state index contributed by atoms with van der Waals surface area (Å²) in [6, 6.07) is 5.81. The van der Waals surface area contributed by atoms with E-state index < -0.39 is 31.1 Å². The number of carbonyl (C=O) groups is 1. The molecule has 32 heavy (non-hydrogen) atoms. The number of fused-ring (bicyclic) bond motifs is 2. The molecule has 1 aromatic heterocycles. The van der Waals surface area contributed by atoms with Crippen molar-refractivity contribution >= 4 is 47.6 Å². The van der Waals surface area contributed by atoms with Crippen molar-refractivity contribution in [3.63, 3.8) is 0 Å². The lowest BCUT2D eigenvalue weighted by Gasteiger charge is -2.13. The van der Waals surface area contributed by atoms with Gasteiger partial charge in [-0.2, -0.15) is 0 Å². The van der Waals surface area contributed by atoms with Gasteiger partial charge in [0.15, 0.2) is 25.3 Å². The zero-order chi connectivity index (χ0) is 24.0. The second-order valence-electron chi connectivity index (χ2n) is 8.60. The van der Waals surface area contributed by atoms with Gasteiger partial charge < -0.3 is 9.52 Å². The van der Waals surface area contributed by atoms with Gasteiger partial charge in [-0.15, -0.1) is 0 Å². The van der Waals surface area contributed by atoms with E-state index in [0.29, 0.717) is 0 Å². The molecule has 0 amide bonds. The molecule has 0 aliphatic carbocycles. The van der Waals surface area contributed by atoms with Gasteiger partial charge in [-0.25, -0.2) is 21.6 Å². The Morgan fingerprint density at radius 1 is 0.906 bits per heavy atom. The van der Waals surface area contributed by atoms with Gasteiger partial charge in [0, 0.05) is 0 Å². The number of aromatic carboxylic acids is 1. The molecule has 0 aliphatic rings. The molecule has 1 N–H and O–H groups in total. The molecule has 172 valence electrons. The fraction of sp³-hybridized carbons (Fsp3) is 0.364. The van der Waals surface area contributed by atoms with Crippen molar-refractivity contribution in [2.75, 3.05) is 11.5 Å². The highest BCUT2D eigenvalue weighted by molar-refractivity contribution is 7.92. The molecule has 0 saturated carbocycles. The van der Waals surface area contributed by atoms with E-state index >= 15 is 0 Å². The molecule has 3 rings (SSSR count). The highest BCUT2D eigenvalue weighted by Crippen LogP contribution is 2.31. The Kier molecular flexibility index (Phi) is 6.23. The molecule has 0 aliphatic heterocycles. The van der Waals surface area contributed by atoms with Crippen molar-refractivity contribution in [2.45, 2.75) is 37.5 Å². The molecule has 0 unspecified atom stereocenters. The average molecular weight is 481 g/mol. The topological polar surface area (TPSA) is 136 Å². The number of benzene rings is 2. The molecule has 8 nitrogen and oxygen atoms in total. The van der Waals surface area contributed by atoms with Crippen molar-refractivity contribution in [2.24, 2.45) is 11.8 Å². The van der Waals surface area contributed by atoms with Gasteiger partial charge in [-0.3, -0.25) is 4.79 Å². The number of hydrogen-bond donors (Lipinski definition) is 1. The third kappa shape index (κ3) is 4.56. The first-order valence-corrected chi connectivity index (χ1v) is 13.3. The van der Waals surface area contributed by atoms with Crippen LogP contribution in [0.25, 0.3) is 21.9 Å². The van der Waals surface area contributed by atoms with Crippen LogP contribution in [0.3, 0.4) is 0 Å². The Morgan fingerprint density at radius 2 is 1.50 bits per heavy atom. The van der Waals surface area contributed by atoms with Crippen LogP contribution in [-0.4, -0.2) is 39.4 Å². The molecule has 1 heterocycles. The molecule has 0 spiro atoms. The molecule has 0 fully saturated rings. The van der Waals surface area contributed by atoms with Crippen LogP contribution in [0.5, 0.6) is 0 Å². The summed E-state index contributed by atoms with van der Waals surface area (Å²) in [5, 5.41) is 8.92. The van der Waals surface area contributed by atoms with E-state index in [0.717, 1.165) is 18.2 Å². The minimum atomic E-state index is -4.00. The first-order chi connectivity index (χ1) is 14.7. The van der Waals surface area contributed by atoms with Gasteiger partial charge in [0.1, 0.15) is 10.5 Å². The molecular weight excluding hydrogens is 456 g/mol. The second-order valence-corrected chi connectivity index (χ2v) is 12.6. The average Bonchev–Trinajstić information content (AvgIpc) is 2.65. The molecule has 0 bridgehead atoms. The second kappa shape index (κ2) is 8.32. The lowest BCUT2D eigenvalue weighted by atomic mass is 10.1. The predicted octanol–water partition coefficient (Wildman–Crippen LogP) is 3.50. The fourth-order valence-corrected chi connectivity index (χ4v) is 7.05. The summed E-state index contributed by atoms with van der Waals surface area (Å²) < 4.78 is 57.8. The third-order valence-electron chi connectivity index (χ3n) is 4.76. The lowest BCUT2D eigenvalue weighted by Crippen LogP contribution is -2.17. The molecule has 10 heteroatoms. The molecular formula is C22H24O8S2. The highest BCUT2D eigenvalue weighted by Gasteiger charge is 2.27. The largest absolute Gasteiger partial charge is 0.478 e. The molecule has 3 aromatic rings. The highest BCUT2D eigenvalue weighted by atomic mass is 32.2. The van der Waals surface area contributed by atoms with Gasteiger partial charge in [-0.05, 0) is 42.2 Å². The van der Waals surface area contributed by atoms with Crippen LogP contribution in [0.4, 0.5) is 0 Å². The smallest absolute Gasteiger partial charge is 0.335 e. The maximum Gasteiger partial charge on any atom is 0.335 e. The summed E-state index contributed by atoms with van der Waals surface area (Å²) >= 11 is 0. The Morgan fingerprint density at radius 3 is 2.06 bits per heavy atom. The Hall–Kier alpha value is -2.72. The van der Waals surface area contributed by atoms with Gasteiger partial charge in [0.05, 0.1) is 32.7 Å². The van der Waals surface area contributed by atoms with Crippen LogP contribution in [0.15, 0.2) is 49.3 Å². The van der Waals surface area contributed by atoms with Crippen LogP contribution in [-0.2, 0) is 19.7 Å². The van der Waals surface area contributed by atoms with Crippen LogP contribution in [0.1, 0.15) is 38.1 Å². The minimum Gasteiger partial charge on any atom is -0.478 e. The van der Waals surface area contributed by atoms with Gasteiger partial charge in [0.2, 0.25) is 5.43 Å². The van der Waals surface area contributed by atoms with Crippen molar-refractivity contribution in [1.82, 2.24) is 0 Å². The summed E-state index contributed by atoms with van der Waals surface area (Å²) in [6.45, 7) is 6.84. The summed E-state index contributed by atoms with van der Waals surface area (Å²) in [5.41, 5.74) is -1.09. The van der Waals surface area contributed by atoms with E-state index in [9.17, 15) is 31.5 Å². The van der Waals surface area contributed by atoms with E-state index in [2.05, 4.69) is 0 Å². The summed E-state index contributed by atoms with van der Waals surface area (Å²) in [5.74, 6) is -2.23. The van der Waals surface area contributed by atoms with E-state index in [-0.39, 0.29) is 60.6 Å². The first-order valence-electron chi connectivity index (χ1n) is 9.96. The number of rotatable bonds is 7. The zero-order valence-corrected chi connectivity index (χ0v) is 19.7. The first kappa shape index (κ1) is 23.9. The van der Waals surface area contributed by atoms with Crippen molar-refractivity contribution in [3.8, 4) is 0 Å². The van der Waals surface area contributed by atoms with Crippen LogP contribution < -0.4 is 5.43 Å². The third-order valence-corrected chi connectivity index (χ3v) is 8.89. The monoisotopic (exact) mass is 480 g/mol. The maximum atomic E-state index is 13.2. The summed E-state index contributed by atoms with van der Waals surface area (Å²) in [4.78, 5) is 23.9. The van der Waals surface area contributed by atoms with Gasteiger partial charge in [-0.1, -0.05) is 27.7 Å². The van der Waals surface area contributed by atoms with Crippen molar-refractivity contribution < 1.29 is 31.2 Å². The zero-order valence-electron chi connectivity index (χ0n) is 18.1. The number of sulfone groups is 2. The number of hydrogen-bond acceptors (Lipinski definition) is 7.